The Bertz CT molecular complexity index is 617. The molecule has 2 rings (SSSR count). The zero-order valence-corrected chi connectivity index (χ0v) is 10.4. The van der Waals surface area contributed by atoms with Gasteiger partial charge in [0.05, 0.1) is 9.82 Å². The Kier molecular flexibility index (Phi) is 3.74. The summed E-state index contributed by atoms with van der Waals surface area (Å²) in [5, 5.41) is 16.6. The van der Waals surface area contributed by atoms with Gasteiger partial charge in [0.15, 0.2) is 5.82 Å². The van der Waals surface area contributed by atoms with Crippen LogP contribution in [0.25, 0.3) is 0 Å². The molecule has 100 valence electrons. The second-order valence-electron chi connectivity index (χ2n) is 3.63. The van der Waals surface area contributed by atoms with Crippen LogP contribution in [0.2, 0.25) is 0 Å². The number of halogens is 2. The van der Waals surface area contributed by atoms with Crippen LogP contribution in [0, 0.1) is 17.0 Å². The SMILES string of the molecule is Cc1ccc(Sc2n[nH]c(C(F)F)n2)c([N+](=O)[O-])c1. The number of alkyl halides is 2. The molecular weight excluding hydrogens is 278 g/mol. The molecule has 1 heterocycles. The fourth-order valence-electron chi connectivity index (χ4n) is 1.36. The van der Waals surface area contributed by atoms with Gasteiger partial charge in [-0.25, -0.2) is 8.78 Å². The molecule has 6 nitrogen and oxygen atoms in total. The normalized spacial score (nSPS) is 10.9. The minimum atomic E-state index is -2.75. The lowest BCUT2D eigenvalue weighted by molar-refractivity contribution is -0.387. The molecule has 0 spiro atoms. The maximum atomic E-state index is 12.3. The number of nitrogens with zero attached hydrogens (tertiary/aromatic N) is 3. The quantitative estimate of drug-likeness (QED) is 0.689. The third kappa shape index (κ3) is 3.05. The number of rotatable bonds is 4. The Balaban J connectivity index is 2.29. The first kappa shape index (κ1) is 13.4. The van der Waals surface area contributed by atoms with E-state index >= 15 is 0 Å². The van der Waals surface area contributed by atoms with Crippen molar-refractivity contribution in [2.24, 2.45) is 0 Å². The number of aromatic amines is 1. The van der Waals surface area contributed by atoms with Gasteiger partial charge in [-0.2, -0.15) is 4.98 Å². The van der Waals surface area contributed by atoms with Crippen LogP contribution in [0.3, 0.4) is 0 Å². The van der Waals surface area contributed by atoms with E-state index in [9.17, 15) is 18.9 Å². The maximum Gasteiger partial charge on any atom is 0.296 e. The largest absolute Gasteiger partial charge is 0.296 e. The van der Waals surface area contributed by atoms with E-state index in [0.29, 0.717) is 4.90 Å². The third-order valence-corrected chi connectivity index (χ3v) is 3.13. The number of nitrogens with one attached hydrogen (secondary N) is 1. The van der Waals surface area contributed by atoms with E-state index in [1.165, 1.54) is 12.1 Å². The van der Waals surface area contributed by atoms with Crippen LogP contribution in [-0.2, 0) is 0 Å². The minimum absolute atomic E-state index is 0.0160. The molecule has 0 unspecified atom stereocenters. The highest BCUT2D eigenvalue weighted by Crippen LogP contribution is 2.33. The topological polar surface area (TPSA) is 84.7 Å². The number of benzene rings is 1. The standard InChI is InChI=1S/C10H8F2N4O2S/c1-5-2-3-7(6(4-5)16(17)18)19-10-13-9(8(11)12)14-15-10/h2-4,8H,1H3,(H,13,14,15). The van der Waals surface area contributed by atoms with Crippen molar-refractivity contribution in [3.05, 3.63) is 39.7 Å². The third-order valence-electron chi connectivity index (χ3n) is 2.20. The van der Waals surface area contributed by atoms with Crippen molar-refractivity contribution < 1.29 is 13.7 Å². The molecule has 0 aliphatic carbocycles. The number of nitro benzene ring substituents is 1. The second kappa shape index (κ2) is 5.31. The van der Waals surface area contributed by atoms with E-state index in [0.717, 1.165) is 17.3 Å². The molecule has 9 heteroatoms. The van der Waals surface area contributed by atoms with Gasteiger partial charge in [0.2, 0.25) is 5.16 Å². The van der Waals surface area contributed by atoms with Crippen LogP contribution in [0.1, 0.15) is 17.8 Å². The molecule has 0 fully saturated rings. The van der Waals surface area contributed by atoms with Gasteiger partial charge in [0, 0.05) is 6.07 Å². The monoisotopic (exact) mass is 286 g/mol. The number of hydrogen-bond acceptors (Lipinski definition) is 5. The Labute approximate surface area is 110 Å². The van der Waals surface area contributed by atoms with Crippen LogP contribution >= 0.6 is 11.8 Å². The van der Waals surface area contributed by atoms with Crippen LogP contribution in [0.15, 0.2) is 28.3 Å². The summed E-state index contributed by atoms with van der Waals surface area (Å²) in [4.78, 5) is 14.2. The number of aryl methyl sites for hydroxylation is 1. The van der Waals surface area contributed by atoms with E-state index in [4.69, 9.17) is 0 Å². The number of hydrogen-bond donors (Lipinski definition) is 1. The highest BCUT2D eigenvalue weighted by atomic mass is 32.2. The van der Waals surface area contributed by atoms with Crippen LogP contribution in [-0.4, -0.2) is 20.1 Å². The summed E-state index contributed by atoms with van der Waals surface area (Å²) in [7, 11) is 0. The molecule has 0 radical (unpaired) electrons. The van der Waals surface area contributed by atoms with Crippen molar-refractivity contribution in [2.45, 2.75) is 23.4 Å². The average Bonchev–Trinajstić information content (AvgIpc) is 2.80. The molecular formula is C10H8F2N4O2S. The lowest BCUT2D eigenvalue weighted by atomic mass is 10.2. The predicted octanol–water partition coefficient (Wildman–Crippen LogP) is 3.11. The molecule has 0 aliphatic rings. The van der Waals surface area contributed by atoms with Gasteiger partial charge in [-0.3, -0.25) is 15.2 Å². The van der Waals surface area contributed by atoms with Gasteiger partial charge in [-0.05, 0) is 30.3 Å². The van der Waals surface area contributed by atoms with Crippen LogP contribution in [0.4, 0.5) is 14.5 Å². The molecule has 1 aromatic carbocycles. The lowest BCUT2D eigenvalue weighted by Crippen LogP contribution is -1.92. The summed E-state index contributed by atoms with van der Waals surface area (Å²) in [6, 6.07) is 4.63. The molecule has 0 saturated heterocycles. The zero-order chi connectivity index (χ0) is 14.0. The number of H-pyrrole nitrogens is 1. The van der Waals surface area contributed by atoms with Crippen molar-refractivity contribution in [1.82, 2.24) is 15.2 Å². The summed E-state index contributed by atoms with van der Waals surface area (Å²) >= 11 is 0.861. The first-order chi connectivity index (χ1) is 8.97. The molecule has 1 aromatic heterocycles. The van der Waals surface area contributed by atoms with Crippen molar-refractivity contribution >= 4 is 17.4 Å². The molecule has 0 bridgehead atoms. The van der Waals surface area contributed by atoms with Crippen LogP contribution < -0.4 is 0 Å². The summed E-state index contributed by atoms with van der Waals surface area (Å²) < 4.78 is 24.7. The zero-order valence-electron chi connectivity index (χ0n) is 9.63. The fraction of sp³-hybridized carbons (Fsp3) is 0.200. The van der Waals surface area contributed by atoms with E-state index in [1.807, 2.05) is 0 Å². The van der Waals surface area contributed by atoms with Crippen LogP contribution in [0.5, 0.6) is 0 Å². The predicted molar refractivity (Wildman–Crippen MR) is 63.3 cm³/mol. The van der Waals surface area contributed by atoms with Gasteiger partial charge in [0.25, 0.3) is 12.1 Å². The van der Waals surface area contributed by atoms with Crippen molar-refractivity contribution in [2.75, 3.05) is 0 Å². The Hall–Kier alpha value is -2.03. The summed E-state index contributed by atoms with van der Waals surface area (Å²) in [6.07, 6.45) is -2.75. The minimum Gasteiger partial charge on any atom is -0.258 e. The molecule has 0 saturated carbocycles. The van der Waals surface area contributed by atoms with Gasteiger partial charge < -0.3 is 0 Å². The summed E-state index contributed by atoms with van der Waals surface area (Å²) in [5.74, 6) is -0.558. The highest BCUT2D eigenvalue weighted by molar-refractivity contribution is 7.99. The molecule has 2 aromatic rings. The smallest absolute Gasteiger partial charge is 0.258 e. The second-order valence-corrected chi connectivity index (χ2v) is 4.64. The Morgan fingerprint density at radius 3 is 2.79 bits per heavy atom. The molecule has 0 amide bonds. The summed E-state index contributed by atoms with van der Waals surface area (Å²) in [5.41, 5.74) is 0.632. The van der Waals surface area contributed by atoms with E-state index in [-0.39, 0.29) is 10.8 Å². The van der Waals surface area contributed by atoms with E-state index in [2.05, 4.69) is 15.2 Å². The van der Waals surface area contributed by atoms with Gasteiger partial charge in [0.1, 0.15) is 0 Å². The first-order valence-electron chi connectivity index (χ1n) is 5.10. The molecule has 1 N–H and O–H groups in total. The maximum absolute atomic E-state index is 12.3. The highest BCUT2D eigenvalue weighted by Gasteiger charge is 2.18. The van der Waals surface area contributed by atoms with Gasteiger partial charge >= 0.3 is 0 Å². The Morgan fingerprint density at radius 2 is 2.21 bits per heavy atom. The van der Waals surface area contributed by atoms with Crippen molar-refractivity contribution in [1.29, 1.82) is 0 Å². The van der Waals surface area contributed by atoms with E-state index in [1.54, 1.807) is 13.0 Å². The molecule has 0 aliphatic heterocycles. The lowest BCUT2D eigenvalue weighted by Gasteiger charge is -2.00. The first-order valence-corrected chi connectivity index (χ1v) is 5.92. The average molecular weight is 286 g/mol. The fourth-order valence-corrected chi connectivity index (χ4v) is 2.16. The van der Waals surface area contributed by atoms with Gasteiger partial charge in [-0.15, -0.1) is 5.10 Å². The Morgan fingerprint density at radius 1 is 1.47 bits per heavy atom. The number of aromatic nitrogens is 3. The number of nitro groups is 1. The van der Waals surface area contributed by atoms with Crippen molar-refractivity contribution in [3.8, 4) is 0 Å². The van der Waals surface area contributed by atoms with Crippen molar-refractivity contribution in [3.63, 3.8) is 0 Å². The van der Waals surface area contributed by atoms with E-state index < -0.39 is 17.2 Å². The van der Waals surface area contributed by atoms with Gasteiger partial charge in [-0.1, -0.05) is 6.07 Å². The molecule has 0 atom stereocenters. The molecule has 19 heavy (non-hydrogen) atoms. The summed E-state index contributed by atoms with van der Waals surface area (Å²) in [6.45, 7) is 1.73.